The molecule has 2 rings (SSSR count). The fourth-order valence-corrected chi connectivity index (χ4v) is 4.14. The van der Waals surface area contributed by atoms with Crippen molar-refractivity contribution in [2.75, 3.05) is 11.5 Å². The fraction of sp³-hybridized carbons (Fsp3) is 0.643. The van der Waals surface area contributed by atoms with Crippen LogP contribution in [-0.4, -0.2) is 15.6 Å². The Labute approximate surface area is 113 Å². The van der Waals surface area contributed by atoms with E-state index in [1.54, 1.807) is 0 Å². The molecule has 1 saturated carbocycles. The van der Waals surface area contributed by atoms with Gasteiger partial charge < -0.3 is 10.3 Å². The van der Waals surface area contributed by atoms with Gasteiger partial charge in [0.05, 0.1) is 5.56 Å². The van der Waals surface area contributed by atoms with Crippen LogP contribution < -0.4 is 5.73 Å². The lowest BCUT2D eigenvalue weighted by Gasteiger charge is -2.17. The molecule has 0 aliphatic heterocycles. The van der Waals surface area contributed by atoms with Crippen molar-refractivity contribution in [1.29, 1.82) is 5.26 Å². The van der Waals surface area contributed by atoms with Gasteiger partial charge in [-0.25, -0.2) is 0 Å². The molecule has 0 saturated heterocycles. The lowest BCUT2D eigenvalue weighted by atomic mass is 10.2. The largest absolute Gasteiger partial charge is 0.384 e. The Kier molecular flexibility index (Phi) is 3.91. The summed E-state index contributed by atoms with van der Waals surface area (Å²) in [5.74, 6) is 1.85. The minimum atomic E-state index is 0.481. The quantitative estimate of drug-likeness (QED) is 0.909. The summed E-state index contributed by atoms with van der Waals surface area (Å²) in [4.78, 5) is 0. The Morgan fingerprint density at radius 2 is 2.17 bits per heavy atom. The van der Waals surface area contributed by atoms with E-state index in [-0.39, 0.29) is 0 Å². The highest BCUT2D eigenvalue weighted by Crippen LogP contribution is 2.40. The van der Waals surface area contributed by atoms with Gasteiger partial charge in [-0.1, -0.05) is 6.92 Å². The summed E-state index contributed by atoms with van der Waals surface area (Å²) in [7, 11) is 0. The van der Waals surface area contributed by atoms with E-state index in [0.29, 0.717) is 17.4 Å². The summed E-state index contributed by atoms with van der Waals surface area (Å²) >= 11 is 2.05. The van der Waals surface area contributed by atoms with Crippen molar-refractivity contribution >= 4 is 17.6 Å². The topological polar surface area (TPSA) is 54.7 Å². The third kappa shape index (κ3) is 2.12. The van der Waals surface area contributed by atoms with Crippen LogP contribution in [0.25, 0.3) is 0 Å². The van der Waals surface area contributed by atoms with E-state index in [0.717, 1.165) is 16.5 Å². The summed E-state index contributed by atoms with van der Waals surface area (Å²) in [6.07, 6.45) is 3.63. The number of nitrogens with zero attached hydrogens (tertiary/aromatic N) is 2. The minimum Gasteiger partial charge on any atom is -0.384 e. The second-order valence-corrected chi connectivity index (χ2v) is 6.57. The number of nitrogens with two attached hydrogens (primary N) is 1. The third-order valence-corrected chi connectivity index (χ3v) is 5.26. The number of nitrogen functional groups attached to an aromatic ring is 1. The molecule has 2 unspecified atom stereocenters. The van der Waals surface area contributed by atoms with Crippen molar-refractivity contribution < 1.29 is 0 Å². The molecule has 1 fully saturated rings. The number of hydrogen-bond acceptors (Lipinski definition) is 3. The van der Waals surface area contributed by atoms with Crippen molar-refractivity contribution in [3.63, 3.8) is 0 Å². The molecule has 0 amide bonds. The second-order valence-electron chi connectivity index (χ2n) is 5.00. The smallest absolute Gasteiger partial charge is 0.122 e. The van der Waals surface area contributed by atoms with Crippen LogP contribution in [0.2, 0.25) is 0 Å². The first kappa shape index (κ1) is 13.4. The zero-order valence-corrected chi connectivity index (χ0v) is 12.2. The summed E-state index contributed by atoms with van der Waals surface area (Å²) in [5, 5.41) is 9.93. The first-order chi connectivity index (χ1) is 8.60. The van der Waals surface area contributed by atoms with Crippen LogP contribution in [0, 0.1) is 25.2 Å². The molecule has 98 valence electrons. The van der Waals surface area contributed by atoms with Crippen LogP contribution in [-0.2, 0) is 0 Å². The number of thioether (sulfide) groups is 1. The molecule has 1 aliphatic rings. The van der Waals surface area contributed by atoms with E-state index >= 15 is 0 Å². The molecular formula is C14H21N3S. The molecule has 1 aromatic rings. The Morgan fingerprint density at radius 3 is 2.72 bits per heavy atom. The van der Waals surface area contributed by atoms with Gasteiger partial charge in [0, 0.05) is 17.0 Å². The monoisotopic (exact) mass is 263 g/mol. The zero-order valence-electron chi connectivity index (χ0n) is 11.4. The molecule has 2 N–H and O–H groups in total. The molecule has 0 bridgehead atoms. The molecule has 0 spiro atoms. The number of hydrogen-bond donors (Lipinski definition) is 1. The van der Waals surface area contributed by atoms with Crippen LogP contribution in [0.5, 0.6) is 0 Å². The van der Waals surface area contributed by atoms with Crippen molar-refractivity contribution in [3.8, 4) is 6.07 Å². The van der Waals surface area contributed by atoms with E-state index in [9.17, 15) is 0 Å². The van der Waals surface area contributed by atoms with Crippen LogP contribution in [0.1, 0.15) is 49.0 Å². The summed E-state index contributed by atoms with van der Waals surface area (Å²) in [6.45, 7) is 6.28. The van der Waals surface area contributed by atoms with Crippen molar-refractivity contribution in [3.05, 3.63) is 16.8 Å². The normalized spacial score (nSPS) is 23.2. The van der Waals surface area contributed by atoms with E-state index in [1.165, 1.54) is 25.0 Å². The van der Waals surface area contributed by atoms with Gasteiger partial charge in [0.2, 0.25) is 0 Å². The average molecular weight is 263 g/mol. The van der Waals surface area contributed by atoms with Gasteiger partial charge in [-0.05, 0) is 44.4 Å². The van der Waals surface area contributed by atoms with Gasteiger partial charge in [0.25, 0.3) is 0 Å². The maximum atomic E-state index is 9.17. The summed E-state index contributed by atoms with van der Waals surface area (Å²) in [6, 6.07) is 2.71. The van der Waals surface area contributed by atoms with Gasteiger partial charge in [-0.15, -0.1) is 0 Å². The predicted octanol–water partition coefficient (Wildman–Crippen LogP) is 3.41. The summed E-state index contributed by atoms with van der Waals surface area (Å²) < 4.78 is 2.20. The first-order valence-corrected chi connectivity index (χ1v) is 7.63. The van der Waals surface area contributed by atoms with Gasteiger partial charge in [-0.3, -0.25) is 0 Å². The van der Waals surface area contributed by atoms with Gasteiger partial charge in [0.15, 0.2) is 0 Å². The number of aromatic nitrogens is 1. The Morgan fingerprint density at radius 1 is 1.44 bits per heavy atom. The predicted molar refractivity (Wildman–Crippen MR) is 77.8 cm³/mol. The molecule has 1 aromatic heterocycles. The second kappa shape index (κ2) is 5.27. The minimum absolute atomic E-state index is 0.481. The number of rotatable bonds is 3. The standard InChI is InChI=1S/C14H21N3S/c1-4-18-12-6-5-11(7-12)17-10(3)9(2)13(8-15)14(17)16/h11-12H,4-7,16H2,1-3H3. The van der Waals surface area contributed by atoms with Gasteiger partial charge in [0.1, 0.15) is 11.9 Å². The fourth-order valence-electron chi connectivity index (χ4n) is 3.01. The van der Waals surface area contributed by atoms with E-state index in [4.69, 9.17) is 11.0 Å². The Bertz CT molecular complexity index is 484. The SMILES string of the molecule is CCSC1CCC(n2c(C)c(C)c(C#N)c2N)C1. The molecule has 2 atom stereocenters. The Hall–Kier alpha value is -1.08. The molecule has 1 heterocycles. The van der Waals surface area contributed by atoms with Crippen LogP contribution in [0.15, 0.2) is 0 Å². The van der Waals surface area contributed by atoms with Gasteiger partial charge in [-0.2, -0.15) is 17.0 Å². The molecule has 1 aliphatic carbocycles. The maximum Gasteiger partial charge on any atom is 0.122 e. The maximum absolute atomic E-state index is 9.17. The molecular weight excluding hydrogens is 242 g/mol. The third-order valence-electron chi connectivity index (χ3n) is 4.03. The number of anilines is 1. The molecule has 0 aromatic carbocycles. The number of nitriles is 1. The molecule has 4 heteroatoms. The summed E-state index contributed by atoms with van der Waals surface area (Å²) in [5.41, 5.74) is 9.02. The van der Waals surface area contributed by atoms with Crippen molar-refractivity contribution in [1.82, 2.24) is 4.57 Å². The van der Waals surface area contributed by atoms with E-state index < -0.39 is 0 Å². The molecule has 0 radical (unpaired) electrons. The van der Waals surface area contributed by atoms with Crippen molar-refractivity contribution in [2.45, 2.75) is 51.3 Å². The van der Waals surface area contributed by atoms with Crippen LogP contribution in [0.4, 0.5) is 5.82 Å². The highest BCUT2D eigenvalue weighted by atomic mass is 32.2. The van der Waals surface area contributed by atoms with Crippen molar-refractivity contribution in [2.24, 2.45) is 0 Å². The van der Waals surface area contributed by atoms with E-state index in [1.807, 2.05) is 18.7 Å². The van der Waals surface area contributed by atoms with E-state index in [2.05, 4.69) is 24.5 Å². The average Bonchev–Trinajstić information content (AvgIpc) is 2.86. The molecule has 3 nitrogen and oxygen atoms in total. The molecule has 18 heavy (non-hydrogen) atoms. The Balaban J connectivity index is 2.28. The van der Waals surface area contributed by atoms with Gasteiger partial charge >= 0.3 is 0 Å². The first-order valence-electron chi connectivity index (χ1n) is 6.58. The van der Waals surface area contributed by atoms with Crippen LogP contribution >= 0.6 is 11.8 Å². The lowest BCUT2D eigenvalue weighted by molar-refractivity contribution is 0.517. The zero-order chi connectivity index (χ0) is 13.3. The lowest BCUT2D eigenvalue weighted by Crippen LogP contribution is -2.11. The highest BCUT2D eigenvalue weighted by molar-refractivity contribution is 7.99. The van der Waals surface area contributed by atoms with Crippen LogP contribution in [0.3, 0.4) is 0 Å². The highest BCUT2D eigenvalue weighted by Gasteiger charge is 2.29.